The zero-order valence-electron chi connectivity index (χ0n) is 11.1. The van der Waals surface area contributed by atoms with Crippen molar-refractivity contribution in [2.45, 2.75) is 5.54 Å². The third-order valence-electron chi connectivity index (χ3n) is 3.21. The summed E-state index contributed by atoms with van der Waals surface area (Å²) in [5.74, 6) is -0.639. The number of amides is 1. The lowest BCUT2D eigenvalue weighted by atomic mass is 10.0. The van der Waals surface area contributed by atoms with Crippen molar-refractivity contribution in [1.29, 1.82) is 0 Å². The summed E-state index contributed by atoms with van der Waals surface area (Å²) >= 11 is 6.04. The Bertz CT molecular complexity index is 650. The molecule has 0 saturated carbocycles. The third-order valence-corrected chi connectivity index (χ3v) is 3.50. The molecule has 1 amide bonds. The van der Waals surface area contributed by atoms with Crippen LogP contribution in [0.4, 0.5) is 0 Å². The first-order valence-electron chi connectivity index (χ1n) is 6.25. The normalized spacial score (nSPS) is 11.6. The second-order valence-corrected chi connectivity index (χ2v) is 5.09. The molecule has 0 aliphatic heterocycles. The van der Waals surface area contributed by atoms with Crippen LogP contribution in [0.2, 0.25) is 5.15 Å². The quantitative estimate of drug-likeness (QED) is 0.596. The average Bonchev–Trinajstić information content (AvgIpc) is 2.52. The van der Waals surface area contributed by atoms with Gasteiger partial charge in [0.25, 0.3) is 5.91 Å². The molecule has 21 heavy (non-hydrogen) atoms. The Balaban J connectivity index is 2.35. The van der Waals surface area contributed by atoms with Gasteiger partial charge in [0, 0.05) is 5.39 Å². The number of fused-ring (bicyclic) bond motifs is 1. The topological polar surface area (TPSA) is 103 Å². The number of carbonyl (C=O) groups is 1. The maximum atomic E-state index is 12.2. The van der Waals surface area contributed by atoms with Crippen LogP contribution in [0.15, 0.2) is 30.3 Å². The monoisotopic (exact) mass is 310 g/mol. The first kappa shape index (κ1) is 15.7. The van der Waals surface area contributed by atoms with Crippen molar-refractivity contribution in [3.63, 3.8) is 0 Å². The number of nitrogens with one attached hydrogen (secondary N) is 1. The van der Waals surface area contributed by atoms with Crippen molar-refractivity contribution in [2.24, 2.45) is 0 Å². The Kier molecular flexibility index (Phi) is 4.74. The predicted octanol–water partition coefficient (Wildman–Crippen LogP) is 0.334. The number of pyridine rings is 1. The fourth-order valence-electron chi connectivity index (χ4n) is 1.85. The largest absolute Gasteiger partial charge is 0.394 e. The summed E-state index contributed by atoms with van der Waals surface area (Å²) in [5, 5.41) is 31.7. The van der Waals surface area contributed by atoms with Gasteiger partial charge < -0.3 is 20.6 Å². The van der Waals surface area contributed by atoms with Gasteiger partial charge >= 0.3 is 0 Å². The molecule has 0 bridgehead atoms. The Morgan fingerprint density at radius 1 is 1.19 bits per heavy atom. The van der Waals surface area contributed by atoms with E-state index < -0.39 is 31.3 Å². The maximum absolute atomic E-state index is 12.2. The van der Waals surface area contributed by atoms with E-state index in [4.69, 9.17) is 11.6 Å². The molecule has 6 nitrogen and oxygen atoms in total. The SMILES string of the molecule is O=C(NC(CO)(CO)CO)c1cc2ccccc2c(Cl)n1. The van der Waals surface area contributed by atoms with E-state index in [1.165, 1.54) is 0 Å². The van der Waals surface area contributed by atoms with Crippen molar-refractivity contribution in [1.82, 2.24) is 10.3 Å². The summed E-state index contributed by atoms with van der Waals surface area (Å²) in [6.45, 7) is -1.81. The van der Waals surface area contributed by atoms with Crippen LogP contribution in [-0.4, -0.2) is 51.6 Å². The molecule has 4 N–H and O–H groups in total. The molecule has 2 aromatic rings. The van der Waals surface area contributed by atoms with Gasteiger partial charge in [-0.15, -0.1) is 0 Å². The molecule has 0 radical (unpaired) electrons. The Labute approximate surface area is 126 Å². The summed E-state index contributed by atoms with van der Waals surface area (Å²) in [7, 11) is 0. The fourth-order valence-corrected chi connectivity index (χ4v) is 2.11. The van der Waals surface area contributed by atoms with Crippen LogP contribution in [-0.2, 0) is 0 Å². The molecule has 0 unspecified atom stereocenters. The van der Waals surface area contributed by atoms with Crippen LogP contribution in [0, 0.1) is 0 Å². The number of hydrogen-bond acceptors (Lipinski definition) is 5. The Hall–Kier alpha value is -1.73. The second kappa shape index (κ2) is 6.36. The molecule has 0 fully saturated rings. The lowest BCUT2D eigenvalue weighted by Crippen LogP contribution is -2.57. The number of nitrogens with zero attached hydrogens (tertiary/aromatic N) is 1. The Morgan fingerprint density at radius 2 is 1.81 bits per heavy atom. The summed E-state index contributed by atoms with van der Waals surface area (Å²) in [5.41, 5.74) is -1.46. The van der Waals surface area contributed by atoms with E-state index in [-0.39, 0.29) is 10.8 Å². The lowest BCUT2D eigenvalue weighted by molar-refractivity contribution is 0.0373. The molecule has 1 aromatic heterocycles. The number of hydrogen-bond donors (Lipinski definition) is 4. The Morgan fingerprint density at radius 3 is 2.43 bits per heavy atom. The van der Waals surface area contributed by atoms with E-state index >= 15 is 0 Å². The highest BCUT2D eigenvalue weighted by Crippen LogP contribution is 2.22. The van der Waals surface area contributed by atoms with Crippen molar-refractivity contribution in [2.75, 3.05) is 19.8 Å². The zero-order valence-corrected chi connectivity index (χ0v) is 11.8. The number of carbonyl (C=O) groups excluding carboxylic acids is 1. The zero-order chi connectivity index (χ0) is 15.5. The highest BCUT2D eigenvalue weighted by atomic mass is 35.5. The molecule has 7 heteroatoms. The van der Waals surface area contributed by atoms with Crippen molar-refractivity contribution < 1.29 is 20.1 Å². The van der Waals surface area contributed by atoms with Gasteiger partial charge in [-0.2, -0.15) is 0 Å². The maximum Gasteiger partial charge on any atom is 0.270 e. The first-order valence-corrected chi connectivity index (χ1v) is 6.63. The minimum atomic E-state index is -1.50. The van der Waals surface area contributed by atoms with Gasteiger partial charge in [-0.25, -0.2) is 4.98 Å². The number of rotatable bonds is 5. The molecule has 0 aliphatic carbocycles. The van der Waals surface area contributed by atoms with Gasteiger partial charge in [0.1, 0.15) is 16.4 Å². The van der Waals surface area contributed by atoms with Crippen LogP contribution in [0.25, 0.3) is 10.8 Å². The van der Waals surface area contributed by atoms with E-state index in [1.807, 2.05) is 6.07 Å². The molecule has 112 valence electrons. The molecular formula is C14H15ClN2O4. The highest BCUT2D eigenvalue weighted by molar-refractivity contribution is 6.34. The third kappa shape index (κ3) is 3.14. The van der Waals surface area contributed by atoms with E-state index in [1.54, 1.807) is 24.3 Å². The highest BCUT2D eigenvalue weighted by Gasteiger charge is 2.30. The molecule has 0 aliphatic rings. The van der Waals surface area contributed by atoms with Crippen LogP contribution in [0.3, 0.4) is 0 Å². The van der Waals surface area contributed by atoms with Crippen molar-refractivity contribution in [3.05, 3.63) is 41.2 Å². The molecular weight excluding hydrogens is 296 g/mol. The number of aromatic nitrogens is 1. The number of benzene rings is 1. The minimum Gasteiger partial charge on any atom is -0.394 e. The van der Waals surface area contributed by atoms with Crippen LogP contribution < -0.4 is 5.32 Å². The number of halogens is 1. The molecule has 2 rings (SSSR count). The summed E-state index contributed by atoms with van der Waals surface area (Å²) < 4.78 is 0. The van der Waals surface area contributed by atoms with E-state index in [0.717, 1.165) is 5.39 Å². The van der Waals surface area contributed by atoms with E-state index in [2.05, 4.69) is 10.3 Å². The molecule has 0 atom stereocenters. The van der Waals surface area contributed by atoms with E-state index in [9.17, 15) is 20.1 Å². The van der Waals surface area contributed by atoms with Gasteiger partial charge in [0.2, 0.25) is 0 Å². The van der Waals surface area contributed by atoms with Gasteiger partial charge in [0.05, 0.1) is 19.8 Å². The second-order valence-electron chi connectivity index (χ2n) is 4.73. The van der Waals surface area contributed by atoms with Crippen LogP contribution in [0.1, 0.15) is 10.5 Å². The predicted molar refractivity (Wildman–Crippen MR) is 78.2 cm³/mol. The van der Waals surface area contributed by atoms with E-state index in [0.29, 0.717) is 5.39 Å². The molecule has 1 aromatic carbocycles. The van der Waals surface area contributed by atoms with Crippen molar-refractivity contribution in [3.8, 4) is 0 Å². The molecule has 0 saturated heterocycles. The van der Waals surface area contributed by atoms with Crippen LogP contribution in [0.5, 0.6) is 0 Å². The van der Waals surface area contributed by atoms with Gasteiger partial charge in [-0.1, -0.05) is 35.9 Å². The fraction of sp³-hybridized carbons (Fsp3) is 0.286. The number of aliphatic hydroxyl groups is 3. The van der Waals surface area contributed by atoms with Crippen molar-refractivity contribution >= 4 is 28.3 Å². The minimum absolute atomic E-state index is 0.0402. The smallest absolute Gasteiger partial charge is 0.270 e. The lowest BCUT2D eigenvalue weighted by Gasteiger charge is -2.28. The standard InChI is InChI=1S/C14H15ClN2O4/c15-12-10-4-2-1-3-9(10)5-11(16-12)13(21)17-14(6-18,7-19)8-20/h1-5,18-20H,6-8H2,(H,17,21). The summed E-state index contributed by atoms with van der Waals surface area (Å²) in [6, 6.07) is 8.74. The summed E-state index contributed by atoms with van der Waals surface area (Å²) in [6.07, 6.45) is 0. The first-order chi connectivity index (χ1) is 10.0. The number of aliphatic hydroxyl groups excluding tert-OH is 3. The van der Waals surface area contributed by atoms with Crippen LogP contribution >= 0.6 is 11.6 Å². The van der Waals surface area contributed by atoms with Gasteiger partial charge in [-0.05, 0) is 11.5 Å². The van der Waals surface area contributed by atoms with Gasteiger partial charge in [0.15, 0.2) is 0 Å². The average molecular weight is 311 g/mol. The van der Waals surface area contributed by atoms with Gasteiger partial charge in [-0.3, -0.25) is 4.79 Å². The molecule has 0 spiro atoms. The molecule has 1 heterocycles. The summed E-state index contributed by atoms with van der Waals surface area (Å²) in [4.78, 5) is 16.2.